The molecule has 0 aromatic heterocycles. The first-order valence-electron chi connectivity index (χ1n) is 17.0. The van der Waals surface area contributed by atoms with Crippen molar-refractivity contribution in [1.82, 2.24) is 9.80 Å². The van der Waals surface area contributed by atoms with Crippen LogP contribution < -0.4 is 37.9 Å². The summed E-state index contributed by atoms with van der Waals surface area (Å²) in [4.78, 5) is 4.78. The molecule has 0 bridgehead atoms. The summed E-state index contributed by atoms with van der Waals surface area (Å²) < 4.78 is 46.8. The SMILES string of the molecule is COc1ccc(CC2c3cc(OC)c(OC)c(OC)c3CCN2C)cc1Oc1ccc(CC2c3cc4c(c(OC)c3CCN2C)OCO4)cc1. The highest BCUT2D eigenvalue weighted by Gasteiger charge is 2.34. The van der Waals surface area contributed by atoms with Gasteiger partial charge in [0, 0.05) is 36.3 Å². The van der Waals surface area contributed by atoms with Crippen LogP contribution in [0.5, 0.6) is 51.7 Å². The van der Waals surface area contributed by atoms with Crippen LogP contribution in [0, 0.1) is 0 Å². The summed E-state index contributed by atoms with van der Waals surface area (Å²) in [7, 11) is 12.7. The lowest BCUT2D eigenvalue weighted by molar-refractivity contribution is 0.171. The van der Waals surface area contributed by atoms with Gasteiger partial charge >= 0.3 is 0 Å². The van der Waals surface area contributed by atoms with Crippen molar-refractivity contribution in [2.75, 3.05) is 69.5 Å². The Kier molecular flexibility index (Phi) is 9.57. The van der Waals surface area contributed by atoms with Crippen LogP contribution in [0.2, 0.25) is 0 Å². The standard InChI is InChI=1S/C40H46N2O8/c1-41-17-15-28-30(22-36-40(38(28)46-6)49-23-48-36)31(41)18-24-8-11-26(12-9-24)50-34-20-25(10-13-33(34)43-3)19-32-29-21-35(44-4)39(47-7)37(45-5)27(29)14-16-42(32)2/h8-13,20-22,31-32H,14-19,23H2,1-7H3. The molecule has 4 aromatic carbocycles. The quantitative estimate of drug-likeness (QED) is 0.169. The molecular formula is C40H46N2O8. The molecule has 0 fully saturated rings. The van der Waals surface area contributed by atoms with E-state index in [2.05, 4.69) is 60.3 Å². The van der Waals surface area contributed by atoms with Crippen LogP contribution >= 0.6 is 0 Å². The molecule has 10 nitrogen and oxygen atoms in total. The predicted octanol–water partition coefficient (Wildman–Crippen LogP) is 6.79. The van der Waals surface area contributed by atoms with E-state index in [1.807, 2.05) is 18.2 Å². The van der Waals surface area contributed by atoms with Crippen molar-refractivity contribution in [1.29, 1.82) is 0 Å². The third-order valence-electron chi connectivity index (χ3n) is 10.4. The maximum atomic E-state index is 6.48. The lowest BCUT2D eigenvalue weighted by Gasteiger charge is -2.36. The van der Waals surface area contributed by atoms with Crippen molar-refractivity contribution in [2.24, 2.45) is 0 Å². The summed E-state index contributed by atoms with van der Waals surface area (Å²) in [5.74, 6) is 6.39. The second-order valence-electron chi connectivity index (χ2n) is 13.1. The van der Waals surface area contributed by atoms with E-state index >= 15 is 0 Å². The van der Waals surface area contributed by atoms with E-state index in [1.54, 1.807) is 35.5 Å². The van der Waals surface area contributed by atoms with Gasteiger partial charge in [0.25, 0.3) is 0 Å². The van der Waals surface area contributed by atoms with E-state index in [4.69, 9.17) is 37.9 Å². The van der Waals surface area contributed by atoms with Gasteiger partial charge < -0.3 is 37.9 Å². The molecule has 0 saturated carbocycles. The van der Waals surface area contributed by atoms with Crippen molar-refractivity contribution in [2.45, 2.75) is 37.8 Å². The van der Waals surface area contributed by atoms with Crippen LogP contribution in [0.4, 0.5) is 0 Å². The Hall–Kier alpha value is -4.80. The van der Waals surface area contributed by atoms with Gasteiger partial charge in [0.2, 0.25) is 18.3 Å². The zero-order valence-electron chi connectivity index (χ0n) is 30.0. The molecule has 2 atom stereocenters. The number of likely N-dealkylation sites (N-methyl/N-ethyl adjacent to an activating group) is 2. The second kappa shape index (κ2) is 14.2. The zero-order valence-corrected chi connectivity index (χ0v) is 30.0. The van der Waals surface area contributed by atoms with Crippen molar-refractivity contribution >= 4 is 0 Å². The fraction of sp³-hybridized carbons (Fsp3) is 0.400. The molecule has 50 heavy (non-hydrogen) atoms. The zero-order chi connectivity index (χ0) is 34.9. The molecule has 0 saturated heterocycles. The number of hydrogen-bond acceptors (Lipinski definition) is 10. The van der Waals surface area contributed by atoms with Crippen molar-refractivity contribution in [3.05, 3.63) is 88.0 Å². The molecule has 10 heteroatoms. The summed E-state index contributed by atoms with van der Waals surface area (Å²) >= 11 is 0. The average Bonchev–Trinajstić information content (AvgIpc) is 3.61. The molecular weight excluding hydrogens is 636 g/mol. The lowest BCUT2D eigenvalue weighted by Crippen LogP contribution is -2.33. The molecule has 3 aliphatic heterocycles. The number of benzene rings is 4. The van der Waals surface area contributed by atoms with Gasteiger partial charge in [0.1, 0.15) is 5.75 Å². The molecule has 0 spiro atoms. The molecule has 7 rings (SSSR count). The van der Waals surface area contributed by atoms with Gasteiger partial charge in [-0.3, -0.25) is 9.80 Å². The highest BCUT2D eigenvalue weighted by atomic mass is 16.7. The molecule has 3 aliphatic rings. The van der Waals surface area contributed by atoms with Crippen molar-refractivity contribution in [3.63, 3.8) is 0 Å². The third kappa shape index (κ3) is 6.11. The van der Waals surface area contributed by atoms with E-state index in [0.717, 1.165) is 72.9 Å². The summed E-state index contributed by atoms with van der Waals surface area (Å²) in [6, 6.07) is 19.0. The van der Waals surface area contributed by atoms with Gasteiger partial charge in [-0.15, -0.1) is 0 Å². The third-order valence-corrected chi connectivity index (χ3v) is 10.4. The van der Waals surface area contributed by atoms with Gasteiger partial charge in [-0.1, -0.05) is 18.2 Å². The Morgan fingerprint density at radius 2 is 1.20 bits per heavy atom. The number of fused-ring (bicyclic) bond motifs is 3. The maximum Gasteiger partial charge on any atom is 0.231 e. The van der Waals surface area contributed by atoms with Gasteiger partial charge in [0.15, 0.2) is 34.5 Å². The topological polar surface area (TPSA) is 80.3 Å². The summed E-state index contributed by atoms with van der Waals surface area (Å²) in [6.45, 7) is 2.05. The number of methoxy groups -OCH3 is 5. The highest BCUT2D eigenvalue weighted by molar-refractivity contribution is 5.62. The molecule has 3 heterocycles. The minimum atomic E-state index is 0.108. The van der Waals surface area contributed by atoms with E-state index in [9.17, 15) is 0 Å². The van der Waals surface area contributed by atoms with Crippen LogP contribution in [0.25, 0.3) is 0 Å². The first-order valence-corrected chi connectivity index (χ1v) is 17.0. The van der Waals surface area contributed by atoms with Gasteiger partial charge in [-0.05, 0) is 98.4 Å². The van der Waals surface area contributed by atoms with Gasteiger partial charge in [-0.2, -0.15) is 0 Å². The average molecular weight is 683 g/mol. The predicted molar refractivity (Wildman–Crippen MR) is 190 cm³/mol. The fourth-order valence-electron chi connectivity index (χ4n) is 7.72. The lowest BCUT2D eigenvalue weighted by atomic mass is 9.87. The maximum absolute atomic E-state index is 6.48. The highest BCUT2D eigenvalue weighted by Crippen LogP contribution is 2.50. The summed E-state index contributed by atoms with van der Waals surface area (Å²) in [5, 5.41) is 0. The largest absolute Gasteiger partial charge is 0.493 e. The fourth-order valence-corrected chi connectivity index (χ4v) is 7.72. The monoisotopic (exact) mass is 682 g/mol. The van der Waals surface area contributed by atoms with Gasteiger partial charge in [-0.25, -0.2) is 0 Å². The Morgan fingerprint density at radius 3 is 1.84 bits per heavy atom. The first-order chi connectivity index (χ1) is 24.4. The Balaban J connectivity index is 1.11. The number of rotatable bonds is 11. The van der Waals surface area contributed by atoms with E-state index in [1.165, 1.54) is 22.3 Å². The molecule has 0 radical (unpaired) electrons. The van der Waals surface area contributed by atoms with E-state index < -0.39 is 0 Å². The molecule has 0 aliphatic carbocycles. The summed E-state index contributed by atoms with van der Waals surface area (Å²) in [5.41, 5.74) is 7.10. The molecule has 0 N–H and O–H groups in total. The Bertz CT molecular complexity index is 1860. The Morgan fingerprint density at radius 1 is 0.600 bits per heavy atom. The van der Waals surface area contributed by atoms with Gasteiger partial charge in [0.05, 0.1) is 35.5 Å². The van der Waals surface area contributed by atoms with E-state index in [-0.39, 0.29) is 18.9 Å². The second-order valence-corrected chi connectivity index (χ2v) is 13.1. The van der Waals surface area contributed by atoms with Crippen molar-refractivity contribution in [3.8, 4) is 51.7 Å². The Labute approximate surface area is 294 Å². The smallest absolute Gasteiger partial charge is 0.231 e. The number of ether oxygens (including phenoxy) is 8. The van der Waals surface area contributed by atoms with Crippen LogP contribution in [-0.4, -0.2) is 79.3 Å². The molecule has 264 valence electrons. The normalized spacial score (nSPS) is 18.2. The van der Waals surface area contributed by atoms with Crippen LogP contribution in [0.1, 0.15) is 45.5 Å². The van der Waals surface area contributed by atoms with Crippen molar-refractivity contribution < 1.29 is 37.9 Å². The number of nitrogens with zero attached hydrogens (tertiary/aromatic N) is 2. The number of hydrogen-bond donors (Lipinski definition) is 0. The van der Waals surface area contributed by atoms with Crippen LogP contribution in [0.15, 0.2) is 54.6 Å². The molecule has 4 aromatic rings. The first kappa shape index (κ1) is 33.7. The molecule has 0 amide bonds. The van der Waals surface area contributed by atoms with Crippen LogP contribution in [0.3, 0.4) is 0 Å². The minimum absolute atomic E-state index is 0.108. The van der Waals surface area contributed by atoms with E-state index in [0.29, 0.717) is 28.7 Å². The minimum Gasteiger partial charge on any atom is -0.493 e. The van der Waals surface area contributed by atoms with Crippen LogP contribution in [-0.2, 0) is 25.7 Å². The molecule has 2 unspecified atom stereocenters. The summed E-state index contributed by atoms with van der Waals surface area (Å²) in [6.07, 6.45) is 3.37.